The van der Waals surface area contributed by atoms with E-state index < -0.39 is 22.4 Å². The molecule has 3 atom stereocenters. The predicted octanol–water partition coefficient (Wildman–Crippen LogP) is 1.37. The zero-order chi connectivity index (χ0) is 12.6. The van der Waals surface area contributed by atoms with Gasteiger partial charge in [0.25, 0.3) is 0 Å². The maximum atomic E-state index is 13.4. The first-order valence-corrected chi connectivity index (χ1v) is 5.53. The molecule has 2 fully saturated rings. The van der Waals surface area contributed by atoms with E-state index in [9.17, 15) is 24.6 Å². The fourth-order valence-electron chi connectivity index (χ4n) is 2.78. The van der Waals surface area contributed by atoms with Crippen LogP contribution in [0, 0.1) is 32.1 Å². The lowest BCUT2D eigenvalue weighted by atomic mass is 9.98. The molecule has 2 rings (SSSR count). The maximum absolute atomic E-state index is 13.4. The molecule has 0 aromatic carbocycles. The minimum atomic E-state index is -3.72. The highest BCUT2D eigenvalue weighted by Gasteiger charge is 2.59. The van der Waals surface area contributed by atoms with Crippen LogP contribution in [0.2, 0.25) is 0 Å². The number of hydrogen-bond acceptors (Lipinski definition) is 5. The molecule has 0 amide bonds. The second-order valence-corrected chi connectivity index (χ2v) is 4.76. The Labute approximate surface area is 96.2 Å². The number of alkyl halides is 1. The van der Waals surface area contributed by atoms with Gasteiger partial charge < -0.3 is 4.74 Å². The highest BCUT2D eigenvalue weighted by Crippen LogP contribution is 2.46. The van der Waals surface area contributed by atoms with Gasteiger partial charge in [-0.3, -0.25) is 20.2 Å². The molecule has 0 N–H and O–H groups in total. The molecule has 2 aliphatic carbocycles. The smallest absolute Gasteiger partial charge is 0.360 e. The molecule has 0 aliphatic heterocycles. The van der Waals surface area contributed by atoms with E-state index in [1.54, 1.807) is 0 Å². The average molecular weight is 248 g/mol. The summed E-state index contributed by atoms with van der Waals surface area (Å²) in [5, 5.41) is 20.7. The number of ether oxygens (including phenoxy) is 1. The van der Waals surface area contributed by atoms with Crippen LogP contribution < -0.4 is 0 Å². The van der Waals surface area contributed by atoms with E-state index in [1.165, 1.54) is 0 Å². The van der Waals surface area contributed by atoms with Crippen LogP contribution in [0.1, 0.15) is 25.7 Å². The van der Waals surface area contributed by atoms with E-state index in [-0.39, 0.29) is 12.0 Å². The van der Waals surface area contributed by atoms with Crippen LogP contribution in [-0.2, 0) is 4.74 Å². The third-order valence-corrected chi connectivity index (χ3v) is 3.71. The topological polar surface area (TPSA) is 95.5 Å². The minimum absolute atomic E-state index is 0.260. The van der Waals surface area contributed by atoms with Crippen molar-refractivity contribution in [3.63, 3.8) is 0 Å². The van der Waals surface area contributed by atoms with Gasteiger partial charge in [0.1, 0.15) is 9.85 Å². The van der Waals surface area contributed by atoms with Crippen LogP contribution in [0.4, 0.5) is 4.39 Å². The Hall–Kier alpha value is -1.31. The van der Waals surface area contributed by atoms with Gasteiger partial charge in [-0.2, -0.15) is 0 Å². The third-order valence-electron chi connectivity index (χ3n) is 3.71. The van der Waals surface area contributed by atoms with Crippen molar-refractivity contribution in [1.82, 2.24) is 0 Å². The summed E-state index contributed by atoms with van der Waals surface area (Å²) in [5.74, 6) is -2.91. The minimum Gasteiger partial charge on any atom is -0.360 e. The van der Waals surface area contributed by atoms with Crippen LogP contribution >= 0.6 is 0 Å². The van der Waals surface area contributed by atoms with Crippen molar-refractivity contribution >= 4 is 0 Å². The van der Waals surface area contributed by atoms with Gasteiger partial charge in [-0.1, -0.05) is 4.39 Å². The Kier molecular flexibility index (Phi) is 2.98. The molecule has 7 nitrogen and oxygen atoms in total. The van der Waals surface area contributed by atoms with Gasteiger partial charge in [0.15, 0.2) is 0 Å². The van der Waals surface area contributed by atoms with Gasteiger partial charge in [-0.25, -0.2) is 0 Å². The number of nitro groups is 2. The zero-order valence-corrected chi connectivity index (χ0v) is 9.08. The van der Waals surface area contributed by atoms with Gasteiger partial charge in [0.05, 0.1) is 6.10 Å². The van der Waals surface area contributed by atoms with Crippen LogP contribution in [0.15, 0.2) is 0 Å². The zero-order valence-electron chi connectivity index (χ0n) is 9.08. The van der Waals surface area contributed by atoms with Crippen LogP contribution in [-0.4, -0.2) is 28.5 Å². The Morgan fingerprint density at radius 3 is 2.29 bits per heavy atom. The van der Waals surface area contributed by atoms with E-state index in [2.05, 4.69) is 0 Å². The Morgan fingerprint density at radius 2 is 1.88 bits per heavy atom. The van der Waals surface area contributed by atoms with Crippen molar-refractivity contribution in [2.24, 2.45) is 11.8 Å². The number of halogens is 1. The fourth-order valence-corrected chi connectivity index (χ4v) is 2.78. The lowest BCUT2D eigenvalue weighted by Crippen LogP contribution is -2.47. The lowest BCUT2D eigenvalue weighted by Gasteiger charge is -2.22. The Bertz CT molecular complexity index is 336. The summed E-state index contributed by atoms with van der Waals surface area (Å²) in [4.78, 5) is 17.6. The molecule has 0 aromatic heterocycles. The first kappa shape index (κ1) is 12.2. The molecule has 8 heteroatoms. The Morgan fingerprint density at radius 1 is 1.24 bits per heavy atom. The van der Waals surface area contributed by atoms with E-state index >= 15 is 0 Å². The van der Waals surface area contributed by atoms with Gasteiger partial charge in [-0.15, -0.1) is 0 Å². The molecule has 0 aromatic rings. The van der Waals surface area contributed by atoms with Crippen LogP contribution in [0.5, 0.6) is 0 Å². The summed E-state index contributed by atoms with van der Waals surface area (Å²) >= 11 is 0. The van der Waals surface area contributed by atoms with Gasteiger partial charge in [0, 0.05) is 0 Å². The summed E-state index contributed by atoms with van der Waals surface area (Å²) < 4.78 is 18.5. The molecular formula is C9H13FN2O5. The molecule has 96 valence electrons. The maximum Gasteiger partial charge on any atom is 0.637 e. The largest absolute Gasteiger partial charge is 0.637 e. The fraction of sp³-hybridized carbons (Fsp3) is 1.00. The number of rotatable bonds is 5. The van der Waals surface area contributed by atoms with Crippen molar-refractivity contribution in [3.05, 3.63) is 20.2 Å². The van der Waals surface area contributed by atoms with Crippen molar-refractivity contribution < 1.29 is 19.0 Å². The molecule has 0 spiro atoms. The van der Waals surface area contributed by atoms with Crippen LogP contribution in [0.25, 0.3) is 0 Å². The number of hydrogen-bond donors (Lipinski definition) is 0. The highest BCUT2D eigenvalue weighted by atomic mass is 19.2. The first-order valence-electron chi connectivity index (χ1n) is 5.53. The number of nitrogens with zero attached hydrogens (tertiary/aromatic N) is 2. The average Bonchev–Trinajstić information content (AvgIpc) is 2.86. The molecule has 17 heavy (non-hydrogen) atoms. The monoisotopic (exact) mass is 248 g/mol. The molecule has 0 unspecified atom stereocenters. The summed E-state index contributed by atoms with van der Waals surface area (Å²) in [7, 11) is 0. The van der Waals surface area contributed by atoms with Crippen LogP contribution in [0.3, 0.4) is 0 Å². The Balaban J connectivity index is 1.92. The summed E-state index contributed by atoms with van der Waals surface area (Å²) in [6, 6.07) is 0. The van der Waals surface area contributed by atoms with E-state index in [0.29, 0.717) is 5.92 Å². The van der Waals surface area contributed by atoms with Gasteiger partial charge in [0.2, 0.25) is 6.61 Å². The first-order chi connectivity index (χ1) is 7.93. The highest BCUT2D eigenvalue weighted by molar-refractivity contribution is 4.90. The molecule has 0 radical (unpaired) electrons. The van der Waals surface area contributed by atoms with Crippen molar-refractivity contribution in [1.29, 1.82) is 0 Å². The summed E-state index contributed by atoms with van der Waals surface area (Å²) in [6.07, 6.45) is 3.53. The molecule has 2 bridgehead atoms. The number of fused-ring (bicyclic) bond motifs is 2. The third kappa shape index (κ3) is 2.08. The quantitative estimate of drug-likeness (QED) is 0.317. The SMILES string of the molecule is O=[N+]([O-])C(F)(CO[C@H]1C[C@@H]2CC[C@H]1C2)[N+](=O)[O-]. The normalized spacial score (nSPS) is 31.7. The van der Waals surface area contributed by atoms with E-state index in [1.807, 2.05) is 0 Å². The molecule has 0 heterocycles. The summed E-state index contributed by atoms with van der Waals surface area (Å²) in [5.41, 5.74) is 0. The van der Waals surface area contributed by atoms with Crippen molar-refractivity contribution in [2.75, 3.05) is 6.61 Å². The second-order valence-electron chi connectivity index (χ2n) is 4.76. The van der Waals surface area contributed by atoms with E-state index in [4.69, 9.17) is 4.74 Å². The molecule has 2 aliphatic rings. The lowest BCUT2D eigenvalue weighted by molar-refractivity contribution is -0.833. The predicted molar refractivity (Wildman–Crippen MR) is 53.0 cm³/mol. The molecular weight excluding hydrogens is 235 g/mol. The van der Waals surface area contributed by atoms with Crippen molar-refractivity contribution in [2.45, 2.75) is 37.7 Å². The van der Waals surface area contributed by atoms with Gasteiger partial charge >= 0.3 is 5.92 Å². The summed E-state index contributed by atoms with van der Waals surface area (Å²) in [6.45, 7) is -1.11. The molecule has 0 saturated heterocycles. The molecule has 2 saturated carbocycles. The van der Waals surface area contributed by atoms with E-state index in [0.717, 1.165) is 25.7 Å². The second kappa shape index (κ2) is 4.17. The van der Waals surface area contributed by atoms with Crippen molar-refractivity contribution in [3.8, 4) is 0 Å². The standard InChI is InChI=1S/C9H13FN2O5/c10-9(11(13)14,12(15)16)5-17-8-4-6-1-2-7(8)3-6/h6-8H,1-5H2/t6-,7+,8+/m1/s1. The van der Waals surface area contributed by atoms with Gasteiger partial charge in [-0.05, 0) is 37.5 Å².